The van der Waals surface area contributed by atoms with Gasteiger partial charge < -0.3 is 15.0 Å². The van der Waals surface area contributed by atoms with E-state index in [1.807, 2.05) is 27.7 Å². The molecular weight excluding hydrogens is 318 g/mol. The minimum absolute atomic E-state index is 0.0519. The lowest BCUT2D eigenvalue weighted by Gasteiger charge is -2.36. The Morgan fingerprint density at radius 3 is 2.61 bits per heavy atom. The van der Waals surface area contributed by atoms with Crippen molar-refractivity contribution in [3.05, 3.63) is 0 Å². The Hall–Kier alpha value is -0.860. The minimum atomic E-state index is -3.19. The molecule has 136 valence electrons. The van der Waals surface area contributed by atoms with Gasteiger partial charge in [-0.05, 0) is 53.5 Å². The van der Waals surface area contributed by atoms with Crippen LogP contribution in [-0.4, -0.2) is 63.5 Å². The number of rotatable bonds is 6. The number of hydrogen-bond donors (Lipinski definition) is 2. The highest BCUT2D eigenvalue weighted by atomic mass is 32.2. The van der Waals surface area contributed by atoms with Crippen molar-refractivity contribution in [3.8, 4) is 0 Å². The molecule has 23 heavy (non-hydrogen) atoms. The summed E-state index contributed by atoms with van der Waals surface area (Å²) in [6, 6.07) is 0.146. The molecule has 1 heterocycles. The fraction of sp³-hybridized carbons (Fsp3) is 0.933. The standard InChI is InChI=1S/C15H31N3O4S/c1-12(17-8-10-23(20,21)16-5)13-7-6-9-18(11-13)14(19)22-15(2,3)4/h12-13,16-17H,6-11H2,1-5H3. The van der Waals surface area contributed by atoms with Crippen molar-refractivity contribution in [3.63, 3.8) is 0 Å². The van der Waals surface area contributed by atoms with Crippen molar-refractivity contribution in [2.45, 2.75) is 52.2 Å². The van der Waals surface area contributed by atoms with Gasteiger partial charge in [0.05, 0.1) is 5.75 Å². The zero-order valence-corrected chi connectivity index (χ0v) is 15.7. The lowest BCUT2D eigenvalue weighted by atomic mass is 9.92. The molecule has 1 saturated heterocycles. The Morgan fingerprint density at radius 2 is 2.04 bits per heavy atom. The number of amides is 1. The maximum atomic E-state index is 12.2. The summed E-state index contributed by atoms with van der Waals surface area (Å²) in [5.41, 5.74) is -0.491. The van der Waals surface area contributed by atoms with Gasteiger partial charge in [-0.2, -0.15) is 0 Å². The van der Waals surface area contributed by atoms with Crippen LogP contribution in [-0.2, 0) is 14.8 Å². The summed E-state index contributed by atoms with van der Waals surface area (Å²) in [4.78, 5) is 13.9. The molecule has 0 radical (unpaired) electrons. The fourth-order valence-corrected chi connectivity index (χ4v) is 3.19. The first-order valence-corrected chi connectivity index (χ1v) is 9.82. The summed E-state index contributed by atoms with van der Waals surface area (Å²) in [7, 11) is -1.77. The molecule has 0 aromatic rings. The Bertz CT molecular complexity index is 487. The maximum absolute atomic E-state index is 12.2. The number of nitrogens with one attached hydrogen (secondary N) is 2. The number of piperidine rings is 1. The molecule has 0 aromatic carbocycles. The Morgan fingerprint density at radius 1 is 1.39 bits per heavy atom. The molecule has 1 aliphatic heterocycles. The van der Waals surface area contributed by atoms with Crippen LogP contribution in [0.5, 0.6) is 0 Å². The Labute approximate surface area is 140 Å². The number of carbonyl (C=O) groups is 1. The number of sulfonamides is 1. The predicted molar refractivity (Wildman–Crippen MR) is 90.8 cm³/mol. The summed E-state index contributed by atoms with van der Waals surface area (Å²) < 4.78 is 30.5. The highest BCUT2D eigenvalue weighted by Crippen LogP contribution is 2.21. The van der Waals surface area contributed by atoms with Crippen molar-refractivity contribution in [2.75, 3.05) is 32.4 Å². The second kappa shape index (κ2) is 8.30. The fourth-order valence-electron chi connectivity index (χ4n) is 2.60. The molecule has 0 aliphatic carbocycles. The quantitative estimate of drug-likeness (QED) is 0.751. The van der Waals surface area contributed by atoms with Crippen molar-refractivity contribution in [1.29, 1.82) is 0 Å². The summed E-state index contributed by atoms with van der Waals surface area (Å²) >= 11 is 0. The molecule has 2 atom stereocenters. The molecule has 0 saturated carbocycles. The highest BCUT2D eigenvalue weighted by molar-refractivity contribution is 7.89. The van der Waals surface area contributed by atoms with Gasteiger partial charge in [0.25, 0.3) is 0 Å². The molecule has 2 unspecified atom stereocenters. The molecule has 0 spiro atoms. The highest BCUT2D eigenvalue weighted by Gasteiger charge is 2.30. The number of likely N-dealkylation sites (tertiary alicyclic amines) is 1. The average Bonchev–Trinajstić information content (AvgIpc) is 2.45. The van der Waals surface area contributed by atoms with Crippen LogP contribution >= 0.6 is 0 Å². The van der Waals surface area contributed by atoms with Crippen molar-refractivity contribution in [1.82, 2.24) is 14.9 Å². The van der Waals surface area contributed by atoms with Gasteiger partial charge in [-0.15, -0.1) is 0 Å². The van der Waals surface area contributed by atoms with E-state index in [-0.39, 0.29) is 17.9 Å². The zero-order chi connectivity index (χ0) is 17.7. The van der Waals surface area contributed by atoms with E-state index in [0.29, 0.717) is 25.6 Å². The van der Waals surface area contributed by atoms with Gasteiger partial charge in [0.1, 0.15) is 5.60 Å². The van der Waals surface area contributed by atoms with Crippen LogP contribution in [0.4, 0.5) is 4.79 Å². The van der Waals surface area contributed by atoms with Crippen LogP contribution in [0.2, 0.25) is 0 Å². The molecule has 1 fully saturated rings. The molecule has 1 aliphatic rings. The van der Waals surface area contributed by atoms with Crippen LogP contribution in [0.15, 0.2) is 0 Å². The smallest absolute Gasteiger partial charge is 0.410 e. The number of nitrogens with zero attached hydrogens (tertiary/aromatic N) is 1. The lowest BCUT2D eigenvalue weighted by Crippen LogP contribution is -2.48. The average molecular weight is 349 g/mol. The topological polar surface area (TPSA) is 87.7 Å². The molecule has 0 bridgehead atoms. The maximum Gasteiger partial charge on any atom is 0.410 e. The third-order valence-corrected chi connectivity index (χ3v) is 5.33. The van der Waals surface area contributed by atoms with Crippen LogP contribution in [0, 0.1) is 5.92 Å². The molecule has 0 aromatic heterocycles. The second-order valence-electron chi connectivity index (χ2n) is 7.09. The summed E-state index contributed by atoms with van der Waals surface area (Å²) in [5, 5.41) is 3.25. The molecule has 8 heteroatoms. The van der Waals surface area contributed by atoms with Crippen molar-refractivity contribution in [2.24, 2.45) is 5.92 Å². The number of ether oxygens (including phenoxy) is 1. The van der Waals surface area contributed by atoms with Crippen LogP contribution in [0.25, 0.3) is 0 Å². The molecule has 1 rings (SSSR count). The predicted octanol–water partition coefficient (Wildman–Crippen LogP) is 1.16. The SMILES string of the molecule is CNS(=O)(=O)CCNC(C)C1CCCN(C(=O)OC(C)(C)C)C1. The summed E-state index contributed by atoms with van der Waals surface area (Å²) in [6.45, 7) is 9.37. The lowest BCUT2D eigenvalue weighted by molar-refractivity contribution is 0.0149. The van der Waals surface area contributed by atoms with Gasteiger partial charge in [-0.1, -0.05) is 0 Å². The first kappa shape index (κ1) is 20.2. The second-order valence-corrected chi connectivity index (χ2v) is 9.14. The first-order chi connectivity index (χ1) is 10.5. The first-order valence-electron chi connectivity index (χ1n) is 8.16. The molecule has 7 nitrogen and oxygen atoms in total. The van der Waals surface area contributed by atoms with Crippen molar-refractivity contribution < 1.29 is 17.9 Å². The number of carbonyl (C=O) groups excluding carboxylic acids is 1. The van der Waals surface area contributed by atoms with Gasteiger partial charge in [-0.25, -0.2) is 17.9 Å². The van der Waals surface area contributed by atoms with Crippen LogP contribution < -0.4 is 10.0 Å². The Kier molecular flexibility index (Phi) is 7.29. The largest absolute Gasteiger partial charge is 0.444 e. The third-order valence-electron chi connectivity index (χ3n) is 3.96. The summed E-state index contributed by atoms with van der Waals surface area (Å²) in [5.74, 6) is 0.352. The van der Waals surface area contributed by atoms with E-state index in [4.69, 9.17) is 4.74 Å². The molecule has 2 N–H and O–H groups in total. The van der Waals surface area contributed by atoms with E-state index in [1.54, 1.807) is 4.90 Å². The molecule has 1 amide bonds. The molecular formula is C15H31N3O4S. The monoisotopic (exact) mass is 349 g/mol. The van der Waals surface area contributed by atoms with Gasteiger partial charge in [0.2, 0.25) is 10.0 Å². The van der Waals surface area contributed by atoms with E-state index in [1.165, 1.54) is 7.05 Å². The Balaban J connectivity index is 2.46. The minimum Gasteiger partial charge on any atom is -0.444 e. The summed E-state index contributed by atoms with van der Waals surface area (Å²) in [6.07, 6.45) is 1.68. The van der Waals surface area contributed by atoms with E-state index in [2.05, 4.69) is 10.0 Å². The van der Waals surface area contributed by atoms with E-state index < -0.39 is 15.6 Å². The zero-order valence-electron chi connectivity index (χ0n) is 14.9. The van der Waals surface area contributed by atoms with Gasteiger partial charge in [-0.3, -0.25) is 0 Å². The van der Waals surface area contributed by atoms with Crippen LogP contribution in [0.1, 0.15) is 40.5 Å². The van der Waals surface area contributed by atoms with Crippen LogP contribution in [0.3, 0.4) is 0 Å². The van der Waals surface area contributed by atoms with Gasteiger partial charge >= 0.3 is 6.09 Å². The van der Waals surface area contributed by atoms with Gasteiger partial charge in [0.15, 0.2) is 0 Å². The van der Waals surface area contributed by atoms with Gasteiger partial charge in [0, 0.05) is 25.7 Å². The number of hydrogen-bond acceptors (Lipinski definition) is 5. The normalized spacial score (nSPS) is 21.1. The third kappa shape index (κ3) is 7.50. The van der Waals surface area contributed by atoms with Crippen molar-refractivity contribution >= 4 is 16.1 Å². The van der Waals surface area contributed by atoms with E-state index in [0.717, 1.165) is 12.8 Å². The van der Waals surface area contributed by atoms with E-state index in [9.17, 15) is 13.2 Å². The van der Waals surface area contributed by atoms with E-state index >= 15 is 0 Å².